The van der Waals surface area contributed by atoms with Crippen LogP contribution in [0, 0.1) is 5.92 Å². The van der Waals surface area contributed by atoms with Gasteiger partial charge in [0.15, 0.2) is 0 Å². The van der Waals surface area contributed by atoms with Gasteiger partial charge in [-0.2, -0.15) is 0 Å². The van der Waals surface area contributed by atoms with Crippen LogP contribution in [0.2, 0.25) is 0 Å². The molecule has 3 N–H and O–H groups in total. The second-order valence-corrected chi connectivity index (χ2v) is 4.52. The predicted molar refractivity (Wildman–Crippen MR) is 66.5 cm³/mol. The fraction of sp³-hybridized carbons (Fsp3) is 0.833. The van der Waals surface area contributed by atoms with Gasteiger partial charge in [-0.3, -0.25) is 9.59 Å². The zero-order valence-corrected chi connectivity index (χ0v) is 10.6. The Morgan fingerprint density at radius 1 is 1.29 bits per heavy atom. The third-order valence-corrected chi connectivity index (χ3v) is 3.13. The number of hydrogen-bond acceptors (Lipinski definition) is 3. The molecule has 0 spiro atoms. The molecule has 0 aromatic carbocycles. The quantitative estimate of drug-likeness (QED) is 0.614. The van der Waals surface area contributed by atoms with Gasteiger partial charge >= 0.3 is 0 Å². The molecule has 17 heavy (non-hydrogen) atoms. The van der Waals surface area contributed by atoms with Crippen molar-refractivity contribution in [2.24, 2.45) is 5.92 Å². The molecule has 1 saturated heterocycles. The Bertz CT molecular complexity index is 250. The zero-order valence-electron chi connectivity index (χ0n) is 10.6. The Morgan fingerprint density at radius 2 is 2.12 bits per heavy atom. The number of hydrogen-bond donors (Lipinski definition) is 3. The lowest BCUT2D eigenvalue weighted by atomic mass is 9.94. The van der Waals surface area contributed by atoms with E-state index in [4.69, 9.17) is 0 Å². The lowest BCUT2D eigenvalue weighted by Gasteiger charge is -2.22. The van der Waals surface area contributed by atoms with E-state index in [9.17, 15) is 9.59 Å². The lowest BCUT2D eigenvalue weighted by Crippen LogP contribution is -2.32. The largest absolute Gasteiger partial charge is 0.359 e. The monoisotopic (exact) mass is 241 g/mol. The molecule has 1 fully saturated rings. The minimum atomic E-state index is -0.0400. The average Bonchev–Trinajstić information content (AvgIpc) is 2.37. The summed E-state index contributed by atoms with van der Waals surface area (Å²) in [4.78, 5) is 22.4. The highest BCUT2D eigenvalue weighted by Crippen LogP contribution is 2.15. The van der Waals surface area contributed by atoms with Crippen LogP contribution in [0.3, 0.4) is 0 Å². The molecule has 1 aliphatic rings. The van der Waals surface area contributed by atoms with Crippen molar-refractivity contribution >= 4 is 11.8 Å². The standard InChI is InChI=1S/C12H23N3O2/c1-13-11(16)6-8-15-12(17)5-4-10-3-2-7-14-9-10/h10,14H,2-9H2,1H3,(H,13,16)(H,15,17). The van der Waals surface area contributed by atoms with Crippen molar-refractivity contribution in [2.75, 3.05) is 26.7 Å². The van der Waals surface area contributed by atoms with Gasteiger partial charge in [0.25, 0.3) is 0 Å². The first-order chi connectivity index (χ1) is 8.22. The van der Waals surface area contributed by atoms with Crippen LogP contribution in [0.1, 0.15) is 32.1 Å². The summed E-state index contributed by atoms with van der Waals surface area (Å²) in [5, 5.41) is 8.63. The second kappa shape index (κ2) is 8.06. The Kier molecular flexibility index (Phi) is 6.62. The van der Waals surface area contributed by atoms with E-state index in [0.29, 0.717) is 25.3 Å². The maximum Gasteiger partial charge on any atom is 0.221 e. The molecule has 0 aliphatic carbocycles. The first-order valence-corrected chi connectivity index (χ1v) is 6.40. The number of piperidine rings is 1. The topological polar surface area (TPSA) is 70.2 Å². The summed E-state index contributed by atoms with van der Waals surface area (Å²) < 4.78 is 0. The highest BCUT2D eigenvalue weighted by atomic mass is 16.2. The molecule has 2 amide bonds. The van der Waals surface area contributed by atoms with E-state index >= 15 is 0 Å². The van der Waals surface area contributed by atoms with Gasteiger partial charge in [-0.15, -0.1) is 0 Å². The van der Waals surface area contributed by atoms with Gasteiger partial charge in [0.2, 0.25) is 11.8 Å². The molecule has 5 heteroatoms. The highest BCUT2D eigenvalue weighted by molar-refractivity contribution is 5.78. The summed E-state index contributed by atoms with van der Waals surface area (Å²) >= 11 is 0. The van der Waals surface area contributed by atoms with Gasteiger partial charge in [0, 0.05) is 26.4 Å². The van der Waals surface area contributed by atoms with Crippen molar-refractivity contribution in [3.63, 3.8) is 0 Å². The molecular weight excluding hydrogens is 218 g/mol. The molecule has 1 aliphatic heterocycles. The Hall–Kier alpha value is -1.10. The number of amides is 2. The fourth-order valence-electron chi connectivity index (χ4n) is 2.03. The minimum Gasteiger partial charge on any atom is -0.359 e. The summed E-state index contributed by atoms with van der Waals surface area (Å²) in [6, 6.07) is 0. The third-order valence-electron chi connectivity index (χ3n) is 3.13. The van der Waals surface area contributed by atoms with Crippen LogP contribution in [0.4, 0.5) is 0 Å². The molecule has 1 atom stereocenters. The van der Waals surface area contributed by atoms with Crippen LogP contribution in [0.5, 0.6) is 0 Å². The SMILES string of the molecule is CNC(=O)CCNC(=O)CCC1CCCNC1. The van der Waals surface area contributed by atoms with Gasteiger partial charge < -0.3 is 16.0 Å². The van der Waals surface area contributed by atoms with Gasteiger partial charge in [0.05, 0.1) is 0 Å². The summed E-state index contributed by atoms with van der Waals surface area (Å²) in [5.74, 6) is 0.648. The predicted octanol–water partition coefficient (Wildman–Crippen LogP) is 0.0185. The van der Waals surface area contributed by atoms with E-state index in [-0.39, 0.29) is 11.8 Å². The van der Waals surface area contributed by atoms with Crippen molar-refractivity contribution in [3.8, 4) is 0 Å². The van der Waals surface area contributed by atoms with Gasteiger partial charge in [0.1, 0.15) is 0 Å². The summed E-state index contributed by atoms with van der Waals surface area (Å²) in [5.41, 5.74) is 0. The van der Waals surface area contributed by atoms with E-state index in [2.05, 4.69) is 16.0 Å². The number of nitrogens with one attached hydrogen (secondary N) is 3. The van der Waals surface area contributed by atoms with E-state index in [1.807, 2.05) is 0 Å². The molecular formula is C12H23N3O2. The second-order valence-electron chi connectivity index (χ2n) is 4.52. The van der Waals surface area contributed by atoms with Gasteiger partial charge in [-0.1, -0.05) is 0 Å². The summed E-state index contributed by atoms with van der Waals surface area (Å²) in [7, 11) is 1.60. The molecule has 0 aromatic heterocycles. The van der Waals surface area contributed by atoms with Crippen LogP contribution < -0.4 is 16.0 Å². The van der Waals surface area contributed by atoms with Crippen molar-refractivity contribution in [2.45, 2.75) is 32.1 Å². The van der Waals surface area contributed by atoms with Crippen LogP contribution in [0.25, 0.3) is 0 Å². The smallest absolute Gasteiger partial charge is 0.221 e. The molecule has 1 unspecified atom stereocenters. The van der Waals surface area contributed by atoms with Gasteiger partial charge in [-0.25, -0.2) is 0 Å². The van der Waals surface area contributed by atoms with Crippen molar-refractivity contribution in [3.05, 3.63) is 0 Å². The normalized spacial score (nSPS) is 19.7. The Labute approximate surface area is 103 Å². The molecule has 0 radical (unpaired) electrons. The Morgan fingerprint density at radius 3 is 2.76 bits per heavy atom. The number of carbonyl (C=O) groups excluding carboxylic acids is 2. The van der Waals surface area contributed by atoms with Crippen molar-refractivity contribution in [1.82, 2.24) is 16.0 Å². The molecule has 1 heterocycles. The lowest BCUT2D eigenvalue weighted by molar-refractivity contribution is -0.122. The highest BCUT2D eigenvalue weighted by Gasteiger charge is 2.14. The third kappa shape index (κ3) is 6.26. The molecule has 5 nitrogen and oxygen atoms in total. The van der Waals surface area contributed by atoms with Crippen LogP contribution >= 0.6 is 0 Å². The first-order valence-electron chi connectivity index (χ1n) is 6.40. The summed E-state index contributed by atoms with van der Waals surface area (Å²) in [6.07, 6.45) is 4.30. The van der Waals surface area contributed by atoms with Crippen molar-refractivity contribution in [1.29, 1.82) is 0 Å². The molecule has 0 bridgehead atoms. The molecule has 1 rings (SSSR count). The minimum absolute atomic E-state index is 0.0400. The molecule has 0 saturated carbocycles. The van der Waals surface area contributed by atoms with Crippen molar-refractivity contribution < 1.29 is 9.59 Å². The number of carbonyl (C=O) groups is 2. The molecule has 98 valence electrons. The van der Waals surface area contributed by atoms with Crippen LogP contribution in [0.15, 0.2) is 0 Å². The Balaban J connectivity index is 2.02. The fourth-order valence-corrected chi connectivity index (χ4v) is 2.03. The maximum atomic E-state index is 11.5. The maximum absolute atomic E-state index is 11.5. The summed E-state index contributed by atoms with van der Waals surface area (Å²) in [6.45, 7) is 2.57. The van der Waals surface area contributed by atoms with E-state index in [0.717, 1.165) is 19.5 Å². The van der Waals surface area contributed by atoms with Crippen LogP contribution in [-0.4, -0.2) is 38.5 Å². The average molecular weight is 241 g/mol. The van der Waals surface area contributed by atoms with E-state index < -0.39 is 0 Å². The number of rotatable bonds is 6. The van der Waals surface area contributed by atoms with E-state index in [1.165, 1.54) is 12.8 Å². The zero-order chi connectivity index (χ0) is 12.5. The van der Waals surface area contributed by atoms with E-state index in [1.54, 1.807) is 7.05 Å². The first kappa shape index (κ1) is 14.0. The molecule has 0 aromatic rings. The van der Waals surface area contributed by atoms with Crippen LogP contribution in [-0.2, 0) is 9.59 Å². The van der Waals surface area contributed by atoms with Gasteiger partial charge in [-0.05, 0) is 38.3 Å².